The van der Waals surface area contributed by atoms with Crippen LogP contribution in [-0.4, -0.2) is 15.7 Å². The minimum absolute atomic E-state index is 0.220. The van der Waals surface area contributed by atoms with Crippen LogP contribution in [0.25, 0.3) is 0 Å². The highest BCUT2D eigenvalue weighted by atomic mass is 16.2. The minimum Gasteiger partial charge on any atom is -0.330 e. The molecular weight excluding hydrogens is 230 g/mol. The number of aromatic nitrogens is 2. The third-order valence-electron chi connectivity index (χ3n) is 3.34. The second-order valence-corrected chi connectivity index (χ2v) is 4.57. The summed E-state index contributed by atoms with van der Waals surface area (Å²) in [6.45, 7) is 5.78. The van der Waals surface area contributed by atoms with Gasteiger partial charge in [-0.2, -0.15) is 0 Å². The van der Waals surface area contributed by atoms with Crippen LogP contribution in [0.2, 0.25) is 0 Å². The molecule has 0 saturated carbocycles. The van der Waals surface area contributed by atoms with Gasteiger partial charge in [-0.25, -0.2) is 4.79 Å². The summed E-state index contributed by atoms with van der Waals surface area (Å²) in [5.41, 5.74) is 4.95. The van der Waals surface area contributed by atoms with Crippen LogP contribution < -0.4 is 17.0 Å². The Morgan fingerprint density at radius 3 is 2.50 bits per heavy atom. The van der Waals surface area contributed by atoms with Crippen LogP contribution in [0.4, 0.5) is 0 Å². The molecule has 0 saturated heterocycles. The zero-order valence-electron chi connectivity index (χ0n) is 11.3. The maximum atomic E-state index is 12.1. The molecule has 5 heteroatoms. The summed E-state index contributed by atoms with van der Waals surface area (Å²) in [5.74, 6) is 0.475. The van der Waals surface area contributed by atoms with Crippen LogP contribution in [-0.2, 0) is 13.1 Å². The molecule has 1 heterocycles. The van der Waals surface area contributed by atoms with Crippen molar-refractivity contribution in [1.29, 1.82) is 0 Å². The highest BCUT2D eigenvalue weighted by molar-refractivity contribution is 4.87. The highest BCUT2D eigenvalue weighted by Gasteiger charge is 2.09. The van der Waals surface area contributed by atoms with Crippen LogP contribution in [0, 0.1) is 5.92 Å². The van der Waals surface area contributed by atoms with Crippen molar-refractivity contribution in [3.05, 3.63) is 33.1 Å². The van der Waals surface area contributed by atoms with Gasteiger partial charge in [0.15, 0.2) is 0 Å². The lowest BCUT2D eigenvalue weighted by Crippen LogP contribution is -2.40. The van der Waals surface area contributed by atoms with Crippen LogP contribution >= 0.6 is 0 Å². The predicted molar refractivity (Wildman–Crippen MR) is 72.7 cm³/mol. The first-order valence-corrected chi connectivity index (χ1v) is 6.64. The average Bonchev–Trinajstić information content (AvgIpc) is 2.38. The molecule has 102 valence electrons. The third kappa shape index (κ3) is 3.57. The lowest BCUT2D eigenvalue weighted by Gasteiger charge is -2.15. The summed E-state index contributed by atoms with van der Waals surface area (Å²) in [6.07, 6.45) is 4.31. The number of hydrogen-bond donors (Lipinski definition) is 1. The number of rotatable bonds is 7. The summed E-state index contributed by atoms with van der Waals surface area (Å²) in [7, 11) is 0. The fourth-order valence-corrected chi connectivity index (χ4v) is 1.98. The molecule has 2 N–H and O–H groups in total. The van der Waals surface area contributed by atoms with Crippen LogP contribution in [0.3, 0.4) is 0 Å². The van der Waals surface area contributed by atoms with E-state index in [0.29, 0.717) is 32.0 Å². The topological polar surface area (TPSA) is 70.0 Å². The molecule has 1 aromatic heterocycles. The molecule has 0 amide bonds. The smallest absolute Gasteiger partial charge is 0.330 e. The Bertz CT molecular complexity index is 472. The molecular formula is C13H23N3O2. The van der Waals surface area contributed by atoms with Crippen molar-refractivity contribution in [3.8, 4) is 0 Å². The monoisotopic (exact) mass is 253 g/mol. The van der Waals surface area contributed by atoms with E-state index < -0.39 is 0 Å². The zero-order valence-corrected chi connectivity index (χ0v) is 11.3. The van der Waals surface area contributed by atoms with Gasteiger partial charge < -0.3 is 10.3 Å². The number of nitrogens with zero attached hydrogens (tertiary/aromatic N) is 2. The molecule has 0 unspecified atom stereocenters. The largest absolute Gasteiger partial charge is 0.330 e. The molecule has 0 aliphatic rings. The predicted octanol–water partition coefficient (Wildman–Crippen LogP) is 0.795. The molecule has 1 aromatic rings. The Labute approximate surface area is 107 Å². The van der Waals surface area contributed by atoms with Crippen molar-refractivity contribution in [2.24, 2.45) is 11.7 Å². The van der Waals surface area contributed by atoms with Crippen molar-refractivity contribution in [1.82, 2.24) is 9.13 Å². The van der Waals surface area contributed by atoms with Gasteiger partial charge in [-0.1, -0.05) is 26.7 Å². The molecule has 0 spiro atoms. The maximum Gasteiger partial charge on any atom is 0.330 e. The summed E-state index contributed by atoms with van der Waals surface area (Å²) >= 11 is 0. The van der Waals surface area contributed by atoms with Gasteiger partial charge in [0.1, 0.15) is 0 Å². The van der Waals surface area contributed by atoms with E-state index in [-0.39, 0.29) is 11.2 Å². The number of nitrogens with two attached hydrogens (primary N) is 1. The normalized spacial score (nSPS) is 11.1. The third-order valence-corrected chi connectivity index (χ3v) is 3.34. The van der Waals surface area contributed by atoms with Gasteiger partial charge in [-0.05, 0) is 18.9 Å². The first-order chi connectivity index (χ1) is 8.63. The van der Waals surface area contributed by atoms with E-state index in [2.05, 4.69) is 13.8 Å². The van der Waals surface area contributed by atoms with Gasteiger partial charge in [-0.3, -0.25) is 9.36 Å². The van der Waals surface area contributed by atoms with E-state index >= 15 is 0 Å². The summed E-state index contributed by atoms with van der Waals surface area (Å²) in [6, 6.07) is 1.46. The van der Waals surface area contributed by atoms with Crippen molar-refractivity contribution in [2.45, 2.75) is 46.2 Å². The van der Waals surface area contributed by atoms with Gasteiger partial charge in [0.25, 0.3) is 5.56 Å². The Morgan fingerprint density at radius 2 is 1.94 bits per heavy atom. The van der Waals surface area contributed by atoms with E-state index in [1.54, 1.807) is 10.8 Å². The molecule has 0 aliphatic heterocycles. The SMILES string of the molecule is CCC(CC)Cn1ccc(=O)n(CCCN)c1=O. The average molecular weight is 253 g/mol. The van der Waals surface area contributed by atoms with Crippen LogP contribution in [0.15, 0.2) is 21.9 Å². The van der Waals surface area contributed by atoms with Gasteiger partial charge in [0.2, 0.25) is 0 Å². The Morgan fingerprint density at radius 1 is 1.28 bits per heavy atom. The lowest BCUT2D eigenvalue weighted by atomic mass is 10.0. The van der Waals surface area contributed by atoms with Gasteiger partial charge >= 0.3 is 5.69 Å². The quantitative estimate of drug-likeness (QED) is 0.781. The second kappa shape index (κ2) is 7.16. The molecule has 0 aliphatic carbocycles. The molecule has 0 aromatic carbocycles. The Hall–Kier alpha value is -1.36. The second-order valence-electron chi connectivity index (χ2n) is 4.57. The minimum atomic E-state index is -0.241. The molecule has 0 bridgehead atoms. The number of hydrogen-bond acceptors (Lipinski definition) is 3. The fourth-order valence-electron chi connectivity index (χ4n) is 1.98. The molecule has 5 nitrogen and oxygen atoms in total. The highest BCUT2D eigenvalue weighted by Crippen LogP contribution is 2.08. The Kier molecular flexibility index (Phi) is 5.85. The van der Waals surface area contributed by atoms with Gasteiger partial charge in [0.05, 0.1) is 0 Å². The maximum absolute atomic E-state index is 12.1. The first-order valence-electron chi connectivity index (χ1n) is 6.64. The Balaban J connectivity index is 3.01. The fraction of sp³-hybridized carbons (Fsp3) is 0.692. The zero-order chi connectivity index (χ0) is 13.5. The van der Waals surface area contributed by atoms with Gasteiger partial charge in [-0.15, -0.1) is 0 Å². The van der Waals surface area contributed by atoms with Crippen molar-refractivity contribution in [2.75, 3.05) is 6.54 Å². The summed E-state index contributed by atoms with van der Waals surface area (Å²) < 4.78 is 2.91. The van der Waals surface area contributed by atoms with E-state index in [1.165, 1.54) is 10.6 Å². The molecule has 0 radical (unpaired) electrons. The van der Waals surface area contributed by atoms with Crippen molar-refractivity contribution < 1.29 is 0 Å². The molecule has 18 heavy (non-hydrogen) atoms. The van der Waals surface area contributed by atoms with Crippen molar-refractivity contribution >= 4 is 0 Å². The van der Waals surface area contributed by atoms with Gasteiger partial charge in [0, 0.05) is 25.4 Å². The van der Waals surface area contributed by atoms with Crippen molar-refractivity contribution in [3.63, 3.8) is 0 Å². The van der Waals surface area contributed by atoms with E-state index in [1.807, 2.05) is 0 Å². The first kappa shape index (κ1) is 14.7. The lowest BCUT2D eigenvalue weighted by molar-refractivity contribution is 0.396. The summed E-state index contributed by atoms with van der Waals surface area (Å²) in [5, 5.41) is 0. The standard InChI is InChI=1S/C13H23N3O2/c1-3-11(4-2)10-15-9-6-12(17)16(13(15)18)8-5-7-14/h6,9,11H,3-5,7-8,10,14H2,1-2H3. The van der Waals surface area contributed by atoms with Crippen LogP contribution in [0.5, 0.6) is 0 Å². The molecule has 0 fully saturated rings. The van der Waals surface area contributed by atoms with E-state index in [9.17, 15) is 9.59 Å². The van der Waals surface area contributed by atoms with E-state index in [0.717, 1.165) is 12.8 Å². The molecule has 1 rings (SSSR count). The van der Waals surface area contributed by atoms with E-state index in [4.69, 9.17) is 5.73 Å². The molecule has 0 atom stereocenters. The summed E-state index contributed by atoms with van der Waals surface area (Å²) in [4.78, 5) is 23.8. The van der Waals surface area contributed by atoms with Crippen LogP contribution in [0.1, 0.15) is 33.1 Å².